The number of nitrogen functional groups attached to an aromatic ring is 1. The van der Waals surface area contributed by atoms with E-state index in [0.29, 0.717) is 10.2 Å². The first-order valence-corrected chi connectivity index (χ1v) is 5.47. The monoisotopic (exact) mass is 292 g/mol. The first kappa shape index (κ1) is 13.0. The maximum Gasteiger partial charge on any atom is 0.257 e. The third kappa shape index (κ3) is 3.20. The second-order valence-corrected chi connectivity index (χ2v) is 4.12. The molecule has 0 unspecified atom stereocenters. The predicted octanol–water partition coefficient (Wildman–Crippen LogP) is 1.52. The molecule has 0 aliphatic heterocycles. The molecule has 0 saturated carbocycles. The molecule has 2 N–H and O–H groups in total. The Hall–Kier alpha value is -2.05. The van der Waals surface area contributed by atoms with E-state index in [1.54, 1.807) is 18.2 Å². The van der Waals surface area contributed by atoms with Crippen molar-refractivity contribution in [1.29, 1.82) is 10.5 Å². The summed E-state index contributed by atoms with van der Waals surface area (Å²) in [5.41, 5.74) is 6.29. The molecule has 1 amide bonds. The van der Waals surface area contributed by atoms with Gasteiger partial charge in [-0.1, -0.05) is 15.9 Å². The number of hydrogen-bond donors (Lipinski definition) is 1. The van der Waals surface area contributed by atoms with Crippen LogP contribution in [-0.4, -0.2) is 23.9 Å². The van der Waals surface area contributed by atoms with E-state index >= 15 is 0 Å². The molecular formula is C11H9BrN4O. The van der Waals surface area contributed by atoms with Gasteiger partial charge in [0.15, 0.2) is 0 Å². The van der Waals surface area contributed by atoms with Crippen LogP contribution in [0.15, 0.2) is 22.7 Å². The second kappa shape index (κ2) is 5.88. The lowest BCUT2D eigenvalue weighted by molar-refractivity contribution is 0.0795. The lowest BCUT2D eigenvalue weighted by Crippen LogP contribution is -2.32. The largest absolute Gasteiger partial charge is 0.398 e. The summed E-state index contributed by atoms with van der Waals surface area (Å²) in [5.74, 6) is -0.424. The zero-order valence-corrected chi connectivity index (χ0v) is 10.4. The van der Waals surface area contributed by atoms with Gasteiger partial charge in [-0.25, -0.2) is 0 Å². The van der Waals surface area contributed by atoms with Crippen LogP contribution in [0.5, 0.6) is 0 Å². The van der Waals surface area contributed by atoms with Gasteiger partial charge in [0.25, 0.3) is 5.91 Å². The van der Waals surface area contributed by atoms with Crippen molar-refractivity contribution in [3.05, 3.63) is 28.2 Å². The Balaban J connectivity index is 3.06. The molecule has 0 radical (unpaired) electrons. The summed E-state index contributed by atoms with van der Waals surface area (Å²) in [6.07, 6.45) is 0. The molecule has 86 valence electrons. The Morgan fingerprint density at radius 1 is 1.35 bits per heavy atom. The summed E-state index contributed by atoms with van der Waals surface area (Å²) >= 11 is 3.24. The van der Waals surface area contributed by atoms with E-state index < -0.39 is 5.91 Å². The van der Waals surface area contributed by atoms with Gasteiger partial charge in [-0.05, 0) is 18.2 Å². The van der Waals surface area contributed by atoms with Crippen LogP contribution in [0.25, 0.3) is 0 Å². The van der Waals surface area contributed by atoms with E-state index in [4.69, 9.17) is 16.3 Å². The number of carbonyl (C=O) groups excluding carboxylic acids is 1. The molecule has 0 aliphatic rings. The highest BCUT2D eigenvalue weighted by Gasteiger charge is 2.17. The fourth-order valence-electron chi connectivity index (χ4n) is 1.25. The van der Waals surface area contributed by atoms with Crippen LogP contribution in [0.1, 0.15) is 10.4 Å². The van der Waals surface area contributed by atoms with Gasteiger partial charge in [0.1, 0.15) is 13.1 Å². The van der Waals surface area contributed by atoms with Crippen molar-refractivity contribution in [2.24, 2.45) is 0 Å². The SMILES string of the molecule is N#CCN(CC#N)C(=O)c1cc(Br)ccc1N. The van der Waals surface area contributed by atoms with Gasteiger partial charge >= 0.3 is 0 Å². The van der Waals surface area contributed by atoms with Crippen LogP contribution < -0.4 is 5.73 Å². The zero-order chi connectivity index (χ0) is 12.8. The first-order valence-electron chi connectivity index (χ1n) is 4.68. The Morgan fingerprint density at radius 2 is 1.94 bits per heavy atom. The minimum absolute atomic E-state index is 0.141. The van der Waals surface area contributed by atoms with E-state index in [9.17, 15) is 4.79 Å². The van der Waals surface area contributed by atoms with Crippen molar-refractivity contribution in [3.63, 3.8) is 0 Å². The van der Waals surface area contributed by atoms with E-state index in [0.717, 1.165) is 4.90 Å². The van der Waals surface area contributed by atoms with Crippen LogP contribution in [0.2, 0.25) is 0 Å². The summed E-state index contributed by atoms with van der Waals surface area (Å²) < 4.78 is 0.712. The Labute approximate surface area is 107 Å². The average molecular weight is 293 g/mol. The topological polar surface area (TPSA) is 93.9 Å². The number of benzene rings is 1. The van der Waals surface area contributed by atoms with E-state index in [1.165, 1.54) is 0 Å². The van der Waals surface area contributed by atoms with Crippen molar-refractivity contribution in [3.8, 4) is 12.1 Å². The first-order chi connectivity index (χ1) is 8.10. The van der Waals surface area contributed by atoms with Crippen molar-refractivity contribution in [2.75, 3.05) is 18.8 Å². The molecule has 1 rings (SSSR count). The number of amides is 1. The lowest BCUT2D eigenvalue weighted by Gasteiger charge is -2.17. The number of nitrogens with two attached hydrogens (primary N) is 1. The molecule has 0 heterocycles. The summed E-state index contributed by atoms with van der Waals surface area (Å²) in [5, 5.41) is 17.2. The third-order valence-corrected chi connectivity index (χ3v) is 2.55. The molecule has 5 nitrogen and oxygen atoms in total. The molecule has 1 aromatic rings. The molecule has 0 aromatic heterocycles. The minimum atomic E-state index is -0.424. The van der Waals surface area contributed by atoms with E-state index in [1.807, 2.05) is 12.1 Å². The highest BCUT2D eigenvalue weighted by Crippen LogP contribution is 2.19. The van der Waals surface area contributed by atoms with Crippen molar-refractivity contribution < 1.29 is 4.79 Å². The molecule has 0 spiro atoms. The number of rotatable bonds is 3. The van der Waals surface area contributed by atoms with E-state index in [-0.39, 0.29) is 18.7 Å². The Bertz CT molecular complexity index is 499. The molecule has 0 saturated heterocycles. The van der Waals surface area contributed by atoms with Crippen molar-refractivity contribution in [1.82, 2.24) is 4.90 Å². The van der Waals surface area contributed by atoms with Crippen LogP contribution in [-0.2, 0) is 0 Å². The van der Waals surface area contributed by atoms with Crippen molar-refractivity contribution >= 4 is 27.5 Å². The van der Waals surface area contributed by atoms with E-state index in [2.05, 4.69) is 15.9 Å². The number of nitrogens with zero attached hydrogens (tertiary/aromatic N) is 3. The fourth-order valence-corrected chi connectivity index (χ4v) is 1.62. The van der Waals surface area contributed by atoms with Crippen molar-refractivity contribution in [2.45, 2.75) is 0 Å². The van der Waals surface area contributed by atoms with Gasteiger partial charge < -0.3 is 10.6 Å². The molecule has 0 fully saturated rings. The molecular weight excluding hydrogens is 284 g/mol. The number of carbonyl (C=O) groups is 1. The molecule has 6 heteroatoms. The zero-order valence-electron chi connectivity index (χ0n) is 8.85. The maximum absolute atomic E-state index is 12.0. The number of anilines is 1. The Morgan fingerprint density at radius 3 is 2.47 bits per heavy atom. The molecule has 0 aliphatic carbocycles. The summed E-state index contributed by atoms with van der Waals surface area (Å²) in [6, 6.07) is 8.55. The second-order valence-electron chi connectivity index (χ2n) is 3.21. The highest BCUT2D eigenvalue weighted by molar-refractivity contribution is 9.10. The molecule has 17 heavy (non-hydrogen) atoms. The normalized spacial score (nSPS) is 9.12. The lowest BCUT2D eigenvalue weighted by atomic mass is 10.1. The fraction of sp³-hybridized carbons (Fsp3) is 0.182. The van der Waals surface area contributed by atoms with Gasteiger partial charge in [0.2, 0.25) is 0 Å². The minimum Gasteiger partial charge on any atom is -0.398 e. The summed E-state index contributed by atoms with van der Waals surface area (Å²) in [4.78, 5) is 13.2. The van der Waals surface area contributed by atoms with Gasteiger partial charge in [0.05, 0.1) is 17.7 Å². The molecule has 1 aromatic carbocycles. The third-order valence-electron chi connectivity index (χ3n) is 2.06. The van der Waals surface area contributed by atoms with Crippen LogP contribution in [0, 0.1) is 22.7 Å². The highest BCUT2D eigenvalue weighted by atomic mass is 79.9. The van der Waals surface area contributed by atoms with Crippen LogP contribution >= 0.6 is 15.9 Å². The van der Waals surface area contributed by atoms with Gasteiger partial charge in [-0.2, -0.15) is 10.5 Å². The van der Waals surface area contributed by atoms with Gasteiger partial charge in [0, 0.05) is 10.2 Å². The number of halogens is 1. The Kier molecular flexibility index (Phi) is 4.50. The predicted molar refractivity (Wildman–Crippen MR) is 65.7 cm³/mol. The van der Waals surface area contributed by atoms with Crippen LogP contribution in [0.3, 0.4) is 0 Å². The number of hydrogen-bond acceptors (Lipinski definition) is 4. The standard InChI is InChI=1S/C11H9BrN4O/c12-8-1-2-10(15)9(7-8)11(17)16(5-3-13)6-4-14/h1-2,7H,5-6,15H2. The molecule has 0 bridgehead atoms. The molecule has 0 atom stereocenters. The number of nitriles is 2. The summed E-state index contributed by atoms with van der Waals surface area (Å²) in [7, 11) is 0. The van der Waals surface area contributed by atoms with Gasteiger partial charge in [-0.15, -0.1) is 0 Å². The summed E-state index contributed by atoms with van der Waals surface area (Å²) in [6.45, 7) is -0.281. The van der Waals surface area contributed by atoms with Crippen LogP contribution in [0.4, 0.5) is 5.69 Å². The average Bonchev–Trinajstić information content (AvgIpc) is 2.31. The quantitative estimate of drug-likeness (QED) is 0.675. The smallest absolute Gasteiger partial charge is 0.257 e. The van der Waals surface area contributed by atoms with Gasteiger partial charge in [-0.3, -0.25) is 4.79 Å². The maximum atomic E-state index is 12.0.